The number of halogens is 1. The number of carbonyl (C=O) groups excluding carboxylic acids is 2. The van der Waals surface area contributed by atoms with E-state index in [-0.39, 0.29) is 10.7 Å². The first-order valence-corrected chi connectivity index (χ1v) is 9.10. The first-order chi connectivity index (χ1) is 13.1. The average molecular weight is 377 g/mol. The first kappa shape index (κ1) is 17.3. The zero-order valence-electron chi connectivity index (χ0n) is 14.7. The largest absolute Gasteiger partial charge is 0.350 e. The Morgan fingerprint density at radius 2 is 1.59 bits per heavy atom. The van der Waals surface area contributed by atoms with E-state index in [0.717, 1.165) is 22.1 Å². The van der Waals surface area contributed by atoms with Crippen molar-refractivity contribution in [2.24, 2.45) is 0 Å². The van der Waals surface area contributed by atoms with E-state index in [9.17, 15) is 9.59 Å². The Hall–Kier alpha value is -3.11. The van der Waals surface area contributed by atoms with Gasteiger partial charge in [-0.1, -0.05) is 67.1 Å². The Morgan fingerprint density at radius 3 is 2.33 bits per heavy atom. The highest BCUT2D eigenvalue weighted by atomic mass is 35.5. The minimum atomic E-state index is -0.523. The van der Waals surface area contributed by atoms with Crippen molar-refractivity contribution in [2.75, 3.05) is 10.2 Å². The van der Waals surface area contributed by atoms with E-state index in [4.69, 9.17) is 11.6 Å². The van der Waals surface area contributed by atoms with Crippen LogP contribution in [0.2, 0.25) is 0 Å². The number of hydrogen-bond acceptors (Lipinski definition) is 3. The number of benzene rings is 3. The summed E-state index contributed by atoms with van der Waals surface area (Å²) in [4.78, 5) is 26.9. The van der Waals surface area contributed by atoms with Crippen molar-refractivity contribution in [3.8, 4) is 0 Å². The minimum absolute atomic E-state index is 0.0962. The molecule has 0 aromatic heterocycles. The lowest BCUT2D eigenvalue weighted by Gasteiger charge is -2.17. The van der Waals surface area contributed by atoms with Crippen molar-refractivity contribution in [2.45, 2.75) is 13.3 Å². The summed E-state index contributed by atoms with van der Waals surface area (Å²) in [5.41, 5.74) is 2.52. The summed E-state index contributed by atoms with van der Waals surface area (Å²) in [6.07, 6.45) is 0.927. The van der Waals surface area contributed by atoms with Crippen LogP contribution >= 0.6 is 11.6 Å². The van der Waals surface area contributed by atoms with E-state index in [1.807, 2.05) is 60.7 Å². The summed E-state index contributed by atoms with van der Waals surface area (Å²) in [6, 6.07) is 20.8. The molecule has 0 unspecified atom stereocenters. The van der Waals surface area contributed by atoms with E-state index in [0.29, 0.717) is 11.4 Å². The van der Waals surface area contributed by atoms with Gasteiger partial charge in [-0.2, -0.15) is 0 Å². The van der Waals surface area contributed by atoms with E-state index in [1.165, 1.54) is 5.56 Å². The van der Waals surface area contributed by atoms with Gasteiger partial charge in [-0.15, -0.1) is 0 Å². The summed E-state index contributed by atoms with van der Waals surface area (Å²) >= 11 is 6.23. The highest BCUT2D eigenvalue weighted by Crippen LogP contribution is 2.34. The zero-order chi connectivity index (χ0) is 19.0. The van der Waals surface area contributed by atoms with Crippen LogP contribution in [0.3, 0.4) is 0 Å². The van der Waals surface area contributed by atoms with Gasteiger partial charge in [-0.25, -0.2) is 4.90 Å². The molecule has 1 aliphatic heterocycles. The van der Waals surface area contributed by atoms with Gasteiger partial charge in [0.25, 0.3) is 11.8 Å². The van der Waals surface area contributed by atoms with Crippen LogP contribution in [0.25, 0.3) is 10.8 Å². The van der Waals surface area contributed by atoms with Crippen LogP contribution in [0.15, 0.2) is 77.5 Å². The molecule has 0 aliphatic carbocycles. The molecule has 4 rings (SSSR count). The zero-order valence-corrected chi connectivity index (χ0v) is 15.5. The van der Waals surface area contributed by atoms with Gasteiger partial charge in [-0.3, -0.25) is 9.59 Å². The molecule has 0 spiro atoms. The first-order valence-electron chi connectivity index (χ1n) is 8.72. The monoisotopic (exact) mass is 376 g/mol. The summed E-state index contributed by atoms with van der Waals surface area (Å²) in [6.45, 7) is 2.07. The molecule has 1 heterocycles. The van der Waals surface area contributed by atoms with Crippen LogP contribution in [0.4, 0.5) is 11.4 Å². The molecule has 3 aromatic carbocycles. The molecule has 0 saturated heterocycles. The summed E-state index contributed by atoms with van der Waals surface area (Å²) in [7, 11) is 0. The van der Waals surface area contributed by atoms with E-state index < -0.39 is 11.8 Å². The van der Waals surface area contributed by atoms with E-state index in [1.54, 1.807) is 6.07 Å². The molecule has 2 amide bonds. The van der Waals surface area contributed by atoms with Crippen LogP contribution in [0.1, 0.15) is 12.5 Å². The topological polar surface area (TPSA) is 49.4 Å². The molecule has 0 fully saturated rings. The highest BCUT2D eigenvalue weighted by molar-refractivity contribution is 6.53. The number of amides is 2. The van der Waals surface area contributed by atoms with Gasteiger partial charge in [0.1, 0.15) is 10.7 Å². The van der Waals surface area contributed by atoms with Gasteiger partial charge < -0.3 is 5.32 Å². The van der Waals surface area contributed by atoms with Crippen molar-refractivity contribution in [3.05, 3.63) is 83.0 Å². The maximum Gasteiger partial charge on any atom is 0.283 e. The minimum Gasteiger partial charge on any atom is -0.350 e. The third-order valence-corrected chi connectivity index (χ3v) is 5.02. The molecule has 0 atom stereocenters. The lowest BCUT2D eigenvalue weighted by molar-refractivity contribution is -0.120. The number of nitrogens with one attached hydrogen (secondary N) is 1. The molecule has 27 heavy (non-hydrogen) atoms. The average Bonchev–Trinajstić information content (AvgIpc) is 2.91. The molecule has 134 valence electrons. The van der Waals surface area contributed by atoms with Gasteiger partial charge >= 0.3 is 0 Å². The number of imide groups is 1. The van der Waals surface area contributed by atoms with Gasteiger partial charge in [-0.05, 0) is 35.6 Å². The molecule has 0 saturated carbocycles. The number of nitrogens with zero attached hydrogens (tertiary/aromatic N) is 1. The van der Waals surface area contributed by atoms with Crippen LogP contribution in [-0.2, 0) is 16.0 Å². The second-order valence-electron chi connectivity index (χ2n) is 6.31. The Bertz CT molecular complexity index is 1080. The highest BCUT2D eigenvalue weighted by Gasteiger charge is 2.39. The van der Waals surface area contributed by atoms with Crippen molar-refractivity contribution in [1.82, 2.24) is 0 Å². The van der Waals surface area contributed by atoms with Crippen molar-refractivity contribution in [3.63, 3.8) is 0 Å². The molecule has 0 bridgehead atoms. The molecule has 1 N–H and O–H groups in total. The number of carbonyl (C=O) groups is 2. The van der Waals surface area contributed by atoms with Crippen molar-refractivity contribution < 1.29 is 9.59 Å². The Kier molecular flexibility index (Phi) is 4.42. The van der Waals surface area contributed by atoms with Crippen LogP contribution < -0.4 is 10.2 Å². The standard InChI is InChI=1S/C22H17ClN2O2/c1-2-14-10-12-16(13-11-14)24-20-19(23)21(26)25(22(20)27)18-9-5-7-15-6-3-4-8-17(15)18/h3-13,24H,2H2,1H3. The Balaban J connectivity index is 1.70. The van der Waals surface area contributed by atoms with Gasteiger partial charge in [0.05, 0.1) is 5.69 Å². The third kappa shape index (κ3) is 2.98. The second-order valence-corrected chi connectivity index (χ2v) is 6.69. The van der Waals surface area contributed by atoms with Crippen molar-refractivity contribution >= 4 is 45.6 Å². The van der Waals surface area contributed by atoms with Crippen LogP contribution in [-0.4, -0.2) is 11.8 Å². The number of hydrogen-bond donors (Lipinski definition) is 1. The summed E-state index contributed by atoms with van der Waals surface area (Å²) < 4.78 is 0. The van der Waals surface area contributed by atoms with Crippen LogP contribution in [0, 0.1) is 0 Å². The van der Waals surface area contributed by atoms with Crippen molar-refractivity contribution in [1.29, 1.82) is 0 Å². The maximum absolute atomic E-state index is 13.0. The summed E-state index contributed by atoms with van der Waals surface area (Å²) in [5.74, 6) is -0.980. The molecule has 1 aliphatic rings. The fourth-order valence-corrected chi connectivity index (χ4v) is 3.41. The molecular weight excluding hydrogens is 360 g/mol. The van der Waals surface area contributed by atoms with Gasteiger partial charge in [0.2, 0.25) is 0 Å². The molecule has 5 heteroatoms. The quantitative estimate of drug-likeness (QED) is 0.663. The molecule has 0 radical (unpaired) electrons. The number of aryl methyl sites for hydroxylation is 1. The predicted octanol–water partition coefficient (Wildman–Crippen LogP) is 4.84. The Morgan fingerprint density at radius 1 is 0.889 bits per heavy atom. The molecular formula is C22H17ClN2O2. The van der Waals surface area contributed by atoms with E-state index >= 15 is 0 Å². The summed E-state index contributed by atoms with van der Waals surface area (Å²) in [5, 5.41) is 4.67. The van der Waals surface area contributed by atoms with E-state index in [2.05, 4.69) is 12.2 Å². The van der Waals surface area contributed by atoms with Crippen LogP contribution in [0.5, 0.6) is 0 Å². The number of rotatable bonds is 4. The van der Waals surface area contributed by atoms with Gasteiger partial charge in [0, 0.05) is 11.1 Å². The lowest BCUT2D eigenvalue weighted by Crippen LogP contribution is -2.32. The normalized spacial score (nSPS) is 14.4. The fraction of sp³-hybridized carbons (Fsp3) is 0.0909. The molecule has 3 aromatic rings. The number of anilines is 2. The predicted molar refractivity (Wildman–Crippen MR) is 109 cm³/mol. The molecule has 4 nitrogen and oxygen atoms in total. The smallest absolute Gasteiger partial charge is 0.283 e. The third-order valence-electron chi connectivity index (χ3n) is 4.67. The second kappa shape index (κ2) is 6.89. The lowest BCUT2D eigenvalue weighted by atomic mass is 10.1. The SMILES string of the molecule is CCc1ccc(NC2=C(Cl)C(=O)N(c3cccc4ccccc34)C2=O)cc1. The fourth-order valence-electron chi connectivity index (χ4n) is 3.20. The maximum atomic E-state index is 13.0. The Labute approximate surface area is 162 Å². The van der Waals surface area contributed by atoms with Gasteiger partial charge in [0.15, 0.2) is 0 Å². The number of fused-ring (bicyclic) bond motifs is 1.